The smallest absolute Gasteiger partial charge is 0.270 e. The SMILES string of the molecule is Cc1cn2c(C(=O)NC3CC3c3ccccc3)c(C)nc2c(OCc2c(F)cccc2F)n1. The molecule has 8 heteroatoms. The molecule has 0 bridgehead atoms. The number of hydrogen-bond acceptors (Lipinski definition) is 4. The quantitative estimate of drug-likeness (QED) is 0.472. The van der Waals surface area contributed by atoms with Crippen molar-refractivity contribution in [3.63, 3.8) is 0 Å². The summed E-state index contributed by atoms with van der Waals surface area (Å²) in [5.41, 5.74) is 2.80. The number of rotatable bonds is 6. The van der Waals surface area contributed by atoms with Crippen LogP contribution in [0, 0.1) is 25.5 Å². The number of nitrogens with one attached hydrogen (secondary N) is 1. The number of aryl methyl sites for hydroxylation is 2. The molecule has 6 nitrogen and oxygen atoms in total. The zero-order valence-corrected chi connectivity index (χ0v) is 18.2. The van der Waals surface area contributed by atoms with Crippen LogP contribution in [-0.4, -0.2) is 26.3 Å². The zero-order chi connectivity index (χ0) is 23.1. The van der Waals surface area contributed by atoms with E-state index < -0.39 is 11.6 Å². The molecule has 2 unspecified atom stereocenters. The molecule has 5 rings (SSSR count). The van der Waals surface area contributed by atoms with E-state index in [0.29, 0.717) is 28.6 Å². The lowest BCUT2D eigenvalue weighted by Crippen LogP contribution is -2.28. The van der Waals surface area contributed by atoms with Crippen molar-refractivity contribution in [1.82, 2.24) is 19.7 Å². The van der Waals surface area contributed by atoms with Crippen molar-refractivity contribution in [2.75, 3.05) is 0 Å². The van der Waals surface area contributed by atoms with E-state index >= 15 is 0 Å². The third kappa shape index (κ3) is 4.04. The van der Waals surface area contributed by atoms with E-state index in [1.807, 2.05) is 18.2 Å². The van der Waals surface area contributed by atoms with Crippen LogP contribution in [0.2, 0.25) is 0 Å². The van der Waals surface area contributed by atoms with Crippen molar-refractivity contribution in [1.29, 1.82) is 0 Å². The Hall–Kier alpha value is -3.81. The van der Waals surface area contributed by atoms with Gasteiger partial charge in [0.15, 0.2) is 0 Å². The average molecular weight is 448 g/mol. The van der Waals surface area contributed by atoms with Gasteiger partial charge in [0.1, 0.15) is 23.9 Å². The summed E-state index contributed by atoms with van der Waals surface area (Å²) in [7, 11) is 0. The molecule has 168 valence electrons. The lowest BCUT2D eigenvalue weighted by Gasteiger charge is -2.10. The van der Waals surface area contributed by atoms with Crippen molar-refractivity contribution in [3.05, 3.63) is 94.6 Å². The minimum Gasteiger partial charge on any atom is -0.470 e. The molecule has 1 saturated carbocycles. The van der Waals surface area contributed by atoms with E-state index in [2.05, 4.69) is 27.4 Å². The first kappa shape index (κ1) is 21.1. The third-order valence-electron chi connectivity index (χ3n) is 5.84. The molecule has 33 heavy (non-hydrogen) atoms. The van der Waals surface area contributed by atoms with Crippen molar-refractivity contribution < 1.29 is 18.3 Å². The predicted molar refractivity (Wildman–Crippen MR) is 118 cm³/mol. The number of carbonyl (C=O) groups is 1. The number of aromatic nitrogens is 3. The maximum atomic E-state index is 14.0. The van der Waals surface area contributed by atoms with Gasteiger partial charge in [-0.25, -0.2) is 18.7 Å². The van der Waals surface area contributed by atoms with Crippen molar-refractivity contribution >= 4 is 11.6 Å². The van der Waals surface area contributed by atoms with E-state index in [9.17, 15) is 13.6 Å². The standard InChI is InChI=1S/C25H22F2N4O2/c1-14-12-31-22(24(32)30-21-11-17(21)16-7-4-3-5-8-16)15(2)29-23(31)25(28-14)33-13-18-19(26)9-6-10-20(18)27/h3-10,12,17,21H,11,13H2,1-2H3,(H,30,32). The Balaban J connectivity index is 1.40. The van der Waals surface area contributed by atoms with E-state index in [0.717, 1.165) is 6.42 Å². The number of amides is 1. The van der Waals surface area contributed by atoms with Gasteiger partial charge in [-0.05, 0) is 38.0 Å². The highest BCUT2D eigenvalue weighted by atomic mass is 19.1. The number of halogens is 2. The van der Waals surface area contributed by atoms with E-state index in [-0.39, 0.29) is 30.0 Å². The molecule has 2 heterocycles. The second-order valence-electron chi connectivity index (χ2n) is 8.25. The van der Waals surface area contributed by atoms with Gasteiger partial charge in [-0.15, -0.1) is 0 Å². The van der Waals surface area contributed by atoms with E-state index in [1.165, 1.54) is 23.8 Å². The largest absolute Gasteiger partial charge is 0.470 e. The van der Waals surface area contributed by atoms with Crippen molar-refractivity contribution in [3.8, 4) is 5.88 Å². The highest BCUT2D eigenvalue weighted by molar-refractivity contribution is 5.95. The Morgan fingerprint density at radius 1 is 1.09 bits per heavy atom. The van der Waals surface area contributed by atoms with Crippen LogP contribution in [0.5, 0.6) is 5.88 Å². The molecule has 0 saturated heterocycles. The second-order valence-corrected chi connectivity index (χ2v) is 8.25. The Labute approximate surface area is 189 Å². The molecule has 2 aromatic heterocycles. The van der Waals surface area contributed by atoms with Gasteiger partial charge in [0.25, 0.3) is 11.8 Å². The van der Waals surface area contributed by atoms with Gasteiger partial charge in [-0.1, -0.05) is 36.4 Å². The van der Waals surface area contributed by atoms with Crippen LogP contribution in [0.4, 0.5) is 8.78 Å². The minimum absolute atomic E-state index is 0.0625. The van der Waals surface area contributed by atoms with Gasteiger partial charge in [0, 0.05) is 18.2 Å². The van der Waals surface area contributed by atoms with Gasteiger partial charge < -0.3 is 10.1 Å². The highest BCUT2D eigenvalue weighted by Crippen LogP contribution is 2.40. The topological polar surface area (TPSA) is 68.5 Å². The molecule has 2 aromatic carbocycles. The molecule has 1 aliphatic carbocycles. The number of hydrogen-bond donors (Lipinski definition) is 1. The molecule has 2 atom stereocenters. The summed E-state index contributed by atoms with van der Waals surface area (Å²) < 4.78 is 35.3. The van der Waals surface area contributed by atoms with Crippen LogP contribution in [0.3, 0.4) is 0 Å². The first-order valence-electron chi connectivity index (χ1n) is 10.7. The minimum atomic E-state index is -0.698. The lowest BCUT2D eigenvalue weighted by molar-refractivity contribution is 0.0943. The molecule has 4 aromatic rings. The number of fused-ring (bicyclic) bond motifs is 1. The zero-order valence-electron chi connectivity index (χ0n) is 18.2. The normalized spacial score (nSPS) is 17.2. The molecular formula is C25H22F2N4O2. The number of benzene rings is 2. The molecule has 1 fully saturated rings. The maximum absolute atomic E-state index is 14.0. The number of ether oxygens (including phenoxy) is 1. The second kappa shape index (κ2) is 8.27. The van der Waals surface area contributed by atoms with E-state index in [4.69, 9.17) is 4.74 Å². The Kier molecular flexibility index (Phi) is 5.28. The fraction of sp³-hybridized carbons (Fsp3) is 0.240. The number of nitrogens with zero attached hydrogens (tertiary/aromatic N) is 3. The van der Waals surface area contributed by atoms with Gasteiger partial charge in [0.2, 0.25) is 5.65 Å². The number of carbonyl (C=O) groups excluding carboxylic acids is 1. The summed E-state index contributed by atoms with van der Waals surface area (Å²) >= 11 is 0. The summed E-state index contributed by atoms with van der Waals surface area (Å²) in [5.74, 6) is -1.23. The van der Waals surface area contributed by atoms with Crippen molar-refractivity contribution in [2.45, 2.75) is 38.8 Å². The summed E-state index contributed by atoms with van der Waals surface area (Å²) in [6.07, 6.45) is 2.58. The molecule has 0 radical (unpaired) electrons. The van der Waals surface area contributed by atoms with Crippen LogP contribution in [-0.2, 0) is 6.61 Å². The molecular weight excluding hydrogens is 426 g/mol. The highest BCUT2D eigenvalue weighted by Gasteiger charge is 2.40. The predicted octanol–water partition coefficient (Wildman–Crippen LogP) is 4.49. The van der Waals surface area contributed by atoms with Crippen LogP contribution in [0.15, 0.2) is 54.7 Å². The third-order valence-corrected chi connectivity index (χ3v) is 5.84. The molecule has 1 amide bonds. The number of imidazole rings is 1. The van der Waals surface area contributed by atoms with Crippen LogP contribution in [0.25, 0.3) is 5.65 Å². The monoisotopic (exact) mass is 448 g/mol. The fourth-order valence-corrected chi connectivity index (χ4v) is 4.09. The Morgan fingerprint density at radius 2 is 1.82 bits per heavy atom. The molecule has 0 spiro atoms. The molecule has 0 aliphatic heterocycles. The lowest BCUT2D eigenvalue weighted by atomic mass is 10.1. The summed E-state index contributed by atoms with van der Waals surface area (Å²) in [6, 6.07) is 13.8. The Bertz CT molecular complexity index is 1330. The van der Waals surface area contributed by atoms with Crippen LogP contribution >= 0.6 is 0 Å². The van der Waals surface area contributed by atoms with Crippen LogP contribution < -0.4 is 10.1 Å². The summed E-state index contributed by atoms with van der Waals surface area (Å²) in [6.45, 7) is 3.14. The summed E-state index contributed by atoms with van der Waals surface area (Å²) in [5, 5.41) is 3.09. The molecule has 1 aliphatic rings. The first-order valence-corrected chi connectivity index (χ1v) is 10.7. The Morgan fingerprint density at radius 3 is 2.55 bits per heavy atom. The fourth-order valence-electron chi connectivity index (χ4n) is 4.09. The molecule has 1 N–H and O–H groups in total. The van der Waals surface area contributed by atoms with Gasteiger partial charge in [-0.3, -0.25) is 9.20 Å². The maximum Gasteiger partial charge on any atom is 0.270 e. The average Bonchev–Trinajstić information content (AvgIpc) is 3.46. The van der Waals surface area contributed by atoms with Gasteiger partial charge in [0.05, 0.1) is 17.0 Å². The van der Waals surface area contributed by atoms with E-state index in [1.54, 1.807) is 24.4 Å². The van der Waals surface area contributed by atoms with Gasteiger partial charge >= 0.3 is 0 Å². The first-order chi connectivity index (χ1) is 15.9. The summed E-state index contributed by atoms with van der Waals surface area (Å²) in [4.78, 5) is 21.9. The van der Waals surface area contributed by atoms with Crippen molar-refractivity contribution in [2.24, 2.45) is 0 Å². The van der Waals surface area contributed by atoms with Gasteiger partial charge in [-0.2, -0.15) is 0 Å². The van der Waals surface area contributed by atoms with Crippen LogP contribution in [0.1, 0.15) is 45.3 Å².